The zero-order valence-corrected chi connectivity index (χ0v) is 13.9. The van der Waals surface area contributed by atoms with E-state index in [0.29, 0.717) is 0 Å². The van der Waals surface area contributed by atoms with Gasteiger partial charge in [0.1, 0.15) is 0 Å². The Morgan fingerprint density at radius 2 is 1.52 bits per heavy atom. The lowest BCUT2D eigenvalue weighted by molar-refractivity contribution is 0.556. The molecule has 1 aliphatic heterocycles. The van der Waals surface area contributed by atoms with E-state index in [1.54, 1.807) is 0 Å². The summed E-state index contributed by atoms with van der Waals surface area (Å²) in [6, 6.07) is 7.00. The van der Waals surface area contributed by atoms with Crippen LogP contribution in [0.5, 0.6) is 0 Å². The Balaban J connectivity index is 1.47. The first-order valence-electron chi connectivity index (χ1n) is 9.26. The lowest BCUT2D eigenvalue weighted by Gasteiger charge is -2.05. The summed E-state index contributed by atoms with van der Waals surface area (Å²) in [5.74, 6) is 0. The zero-order valence-electron chi connectivity index (χ0n) is 13.9. The molecule has 1 N–H and O–H groups in total. The summed E-state index contributed by atoms with van der Waals surface area (Å²) in [6.45, 7) is 3.41. The molecule has 1 heterocycles. The third-order valence-corrected chi connectivity index (χ3v) is 4.70. The van der Waals surface area contributed by atoms with Gasteiger partial charge in [0.25, 0.3) is 0 Å². The van der Waals surface area contributed by atoms with Crippen LogP contribution in [0.15, 0.2) is 18.2 Å². The standard InChI is InChI=1S/C20H33N/c1-2-3-4-5-6-7-8-9-10-11-12-18-13-14-20-19(17-18)15-16-21-20/h13-14,17,21H,2-12,15-16H2,1H3. The highest BCUT2D eigenvalue weighted by Gasteiger charge is 2.09. The number of unbranched alkanes of at least 4 members (excludes halogenated alkanes) is 9. The molecule has 1 heteroatoms. The zero-order chi connectivity index (χ0) is 14.8. The van der Waals surface area contributed by atoms with Crippen molar-refractivity contribution in [3.05, 3.63) is 29.3 Å². The van der Waals surface area contributed by atoms with Gasteiger partial charge < -0.3 is 5.32 Å². The molecule has 0 aliphatic carbocycles. The quantitative estimate of drug-likeness (QED) is 0.484. The van der Waals surface area contributed by atoms with E-state index in [1.807, 2.05) is 0 Å². The van der Waals surface area contributed by atoms with Gasteiger partial charge in [0.15, 0.2) is 0 Å². The molecule has 1 aromatic carbocycles. The topological polar surface area (TPSA) is 12.0 Å². The summed E-state index contributed by atoms with van der Waals surface area (Å²) in [5, 5.41) is 3.44. The highest BCUT2D eigenvalue weighted by molar-refractivity contribution is 5.56. The van der Waals surface area contributed by atoms with Gasteiger partial charge in [-0.1, -0.05) is 76.8 Å². The lowest BCUT2D eigenvalue weighted by atomic mass is 10.0. The number of hydrogen-bond donors (Lipinski definition) is 1. The predicted octanol–water partition coefficient (Wildman–Crippen LogP) is 6.12. The van der Waals surface area contributed by atoms with Gasteiger partial charge in [-0.2, -0.15) is 0 Å². The van der Waals surface area contributed by atoms with Crippen LogP contribution in [0.4, 0.5) is 5.69 Å². The minimum Gasteiger partial charge on any atom is -0.384 e. The maximum Gasteiger partial charge on any atom is 0.0373 e. The second-order valence-electron chi connectivity index (χ2n) is 6.60. The van der Waals surface area contributed by atoms with Gasteiger partial charge in [0.05, 0.1) is 0 Å². The Morgan fingerprint density at radius 1 is 0.857 bits per heavy atom. The van der Waals surface area contributed by atoms with Crippen LogP contribution in [0.3, 0.4) is 0 Å². The molecule has 0 aromatic heterocycles. The Kier molecular flexibility index (Phi) is 7.70. The van der Waals surface area contributed by atoms with Crippen molar-refractivity contribution < 1.29 is 0 Å². The molecule has 2 rings (SSSR count). The van der Waals surface area contributed by atoms with Crippen LogP contribution in [0.1, 0.15) is 82.3 Å². The predicted molar refractivity (Wildman–Crippen MR) is 94.2 cm³/mol. The van der Waals surface area contributed by atoms with E-state index >= 15 is 0 Å². The van der Waals surface area contributed by atoms with Crippen LogP contribution in [-0.2, 0) is 12.8 Å². The molecule has 0 spiro atoms. The Hall–Kier alpha value is -0.980. The number of fused-ring (bicyclic) bond motifs is 1. The summed E-state index contributed by atoms with van der Waals surface area (Å²) >= 11 is 0. The van der Waals surface area contributed by atoms with E-state index in [1.165, 1.54) is 93.9 Å². The fourth-order valence-corrected chi connectivity index (χ4v) is 3.33. The van der Waals surface area contributed by atoms with Crippen LogP contribution in [-0.4, -0.2) is 6.54 Å². The average Bonchev–Trinajstić information content (AvgIpc) is 2.97. The number of nitrogens with one attached hydrogen (secondary N) is 1. The van der Waals surface area contributed by atoms with E-state index in [9.17, 15) is 0 Å². The third-order valence-electron chi connectivity index (χ3n) is 4.70. The van der Waals surface area contributed by atoms with Crippen LogP contribution in [0, 0.1) is 0 Å². The van der Waals surface area contributed by atoms with Gasteiger partial charge in [0, 0.05) is 12.2 Å². The molecular formula is C20H33N. The van der Waals surface area contributed by atoms with E-state index in [2.05, 4.69) is 30.4 Å². The SMILES string of the molecule is CCCCCCCCCCCCc1ccc2c(c1)CCN2. The van der Waals surface area contributed by atoms with E-state index < -0.39 is 0 Å². The molecule has 0 bridgehead atoms. The summed E-state index contributed by atoms with van der Waals surface area (Å²) in [6.07, 6.45) is 16.7. The summed E-state index contributed by atoms with van der Waals surface area (Å²) < 4.78 is 0. The van der Waals surface area contributed by atoms with Crippen molar-refractivity contribution in [2.45, 2.75) is 84.0 Å². The van der Waals surface area contributed by atoms with Crippen molar-refractivity contribution in [3.63, 3.8) is 0 Å². The van der Waals surface area contributed by atoms with Crippen molar-refractivity contribution in [1.29, 1.82) is 0 Å². The average molecular weight is 287 g/mol. The lowest BCUT2D eigenvalue weighted by Crippen LogP contribution is -1.90. The fourth-order valence-electron chi connectivity index (χ4n) is 3.33. The molecule has 0 fully saturated rings. The molecule has 1 nitrogen and oxygen atoms in total. The number of aryl methyl sites for hydroxylation is 1. The molecule has 0 atom stereocenters. The van der Waals surface area contributed by atoms with Crippen molar-refractivity contribution in [2.75, 3.05) is 11.9 Å². The van der Waals surface area contributed by atoms with Gasteiger partial charge in [-0.3, -0.25) is 0 Å². The van der Waals surface area contributed by atoms with Crippen molar-refractivity contribution in [2.24, 2.45) is 0 Å². The fraction of sp³-hybridized carbons (Fsp3) is 0.700. The first kappa shape index (κ1) is 16.4. The van der Waals surface area contributed by atoms with Crippen molar-refractivity contribution >= 4 is 5.69 Å². The maximum atomic E-state index is 3.44. The van der Waals surface area contributed by atoms with Gasteiger partial charge >= 0.3 is 0 Å². The highest BCUT2D eigenvalue weighted by Crippen LogP contribution is 2.23. The van der Waals surface area contributed by atoms with Gasteiger partial charge in [-0.25, -0.2) is 0 Å². The van der Waals surface area contributed by atoms with E-state index in [4.69, 9.17) is 0 Å². The molecule has 21 heavy (non-hydrogen) atoms. The second kappa shape index (κ2) is 9.87. The molecule has 0 saturated carbocycles. The van der Waals surface area contributed by atoms with Gasteiger partial charge in [-0.05, 0) is 36.5 Å². The first-order chi connectivity index (χ1) is 10.4. The third kappa shape index (κ3) is 6.11. The Labute approximate surface area is 131 Å². The summed E-state index contributed by atoms with van der Waals surface area (Å²) in [4.78, 5) is 0. The van der Waals surface area contributed by atoms with E-state index in [-0.39, 0.29) is 0 Å². The largest absolute Gasteiger partial charge is 0.384 e. The normalized spacial score (nSPS) is 13.2. The van der Waals surface area contributed by atoms with Crippen molar-refractivity contribution in [3.8, 4) is 0 Å². The molecule has 0 unspecified atom stereocenters. The molecule has 0 amide bonds. The minimum atomic E-state index is 1.12. The van der Waals surface area contributed by atoms with Crippen LogP contribution >= 0.6 is 0 Å². The molecule has 0 radical (unpaired) electrons. The summed E-state index contributed by atoms with van der Waals surface area (Å²) in [5.41, 5.74) is 4.43. The van der Waals surface area contributed by atoms with Gasteiger partial charge in [-0.15, -0.1) is 0 Å². The molecule has 1 aromatic rings. The Bertz CT molecular complexity index is 397. The molecular weight excluding hydrogens is 254 g/mol. The maximum absolute atomic E-state index is 3.44. The van der Waals surface area contributed by atoms with Crippen LogP contribution in [0.25, 0.3) is 0 Å². The van der Waals surface area contributed by atoms with Crippen molar-refractivity contribution in [1.82, 2.24) is 0 Å². The Morgan fingerprint density at radius 3 is 2.24 bits per heavy atom. The minimum absolute atomic E-state index is 1.12. The van der Waals surface area contributed by atoms with Gasteiger partial charge in [0.2, 0.25) is 0 Å². The summed E-state index contributed by atoms with van der Waals surface area (Å²) in [7, 11) is 0. The number of anilines is 1. The molecule has 0 saturated heterocycles. The number of hydrogen-bond acceptors (Lipinski definition) is 1. The molecule has 118 valence electrons. The number of rotatable bonds is 11. The smallest absolute Gasteiger partial charge is 0.0373 e. The van der Waals surface area contributed by atoms with E-state index in [0.717, 1.165) is 6.54 Å². The highest BCUT2D eigenvalue weighted by atomic mass is 14.9. The monoisotopic (exact) mass is 287 g/mol. The van der Waals surface area contributed by atoms with Crippen LogP contribution < -0.4 is 5.32 Å². The number of benzene rings is 1. The van der Waals surface area contributed by atoms with Crippen LogP contribution in [0.2, 0.25) is 0 Å². The molecule has 1 aliphatic rings. The second-order valence-corrected chi connectivity index (χ2v) is 6.60. The first-order valence-corrected chi connectivity index (χ1v) is 9.26.